The van der Waals surface area contributed by atoms with Crippen LogP contribution in [0.15, 0.2) is 12.3 Å². The molecule has 1 saturated heterocycles. The quantitative estimate of drug-likeness (QED) is 0.698. The van der Waals surface area contributed by atoms with Gasteiger partial charge in [0.2, 0.25) is 0 Å². The molecule has 1 rings (SSSR count). The molecule has 0 aromatic carbocycles. The molecule has 0 saturated carbocycles. The van der Waals surface area contributed by atoms with Crippen molar-refractivity contribution in [2.75, 3.05) is 26.7 Å². The third-order valence-corrected chi connectivity index (χ3v) is 2.72. The predicted molar refractivity (Wildman–Crippen MR) is 57.7 cm³/mol. The van der Waals surface area contributed by atoms with Crippen molar-refractivity contribution in [2.45, 2.75) is 26.2 Å². The van der Waals surface area contributed by atoms with Crippen molar-refractivity contribution in [3.8, 4) is 0 Å². The van der Waals surface area contributed by atoms with Gasteiger partial charge in [0.25, 0.3) is 0 Å². The molecule has 1 fully saturated rings. The minimum atomic E-state index is 0.966. The Hall–Kier alpha value is -0.500. The highest BCUT2D eigenvalue weighted by molar-refractivity contribution is 4.85. The van der Waals surface area contributed by atoms with Crippen LogP contribution in [0.1, 0.15) is 26.2 Å². The van der Waals surface area contributed by atoms with Crippen LogP contribution in [0.4, 0.5) is 0 Å². The maximum atomic E-state index is 3.02. The van der Waals surface area contributed by atoms with Crippen LogP contribution in [0.2, 0.25) is 0 Å². The van der Waals surface area contributed by atoms with E-state index in [-0.39, 0.29) is 0 Å². The first-order valence-corrected chi connectivity index (χ1v) is 5.41. The summed E-state index contributed by atoms with van der Waals surface area (Å²) in [6, 6.07) is 0. The Kier molecular flexibility index (Phi) is 4.91. The molecule has 0 radical (unpaired) electrons. The molecule has 2 nitrogen and oxygen atoms in total. The summed E-state index contributed by atoms with van der Waals surface area (Å²) in [5, 5.41) is 3.02. The van der Waals surface area contributed by atoms with Crippen LogP contribution in [0.5, 0.6) is 0 Å². The van der Waals surface area contributed by atoms with Gasteiger partial charge >= 0.3 is 0 Å². The van der Waals surface area contributed by atoms with Crippen LogP contribution in [0.3, 0.4) is 0 Å². The fraction of sp³-hybridized carbons (Fsp3) is 0.818. The van der Waals surface area contributed by atoms with E-state index >= 15 is 0 Å². The predicted octanol–water partition coefficient (Wildman–Crippen LogP) is 1.84. The Labute approximate surface area is 82.0 Å². The first kappa shape index (κ1) is 10.6. The lowest BCUT2D eigenvalue weighted by Crippen LogP contribution is -2.20. The molecule has 13 heavy (non-hydrogen) atoms. The SMILES string of the molecule is CCC[C@@H]1CCN(C/C=C/NC)C1. The number of nitrogens with one attached hydrogen (secondary N) is 1. The van der Waals surface area contributed by atoms with Crippen LogP contribution in [-0.4, -0.2) is 31.6 Å². The average molecular weight is 182 g/mol. The maximum absolute atomic E-state index is 3.02. The van der Waals surface area contributed by atoms with Gasteiger partial charge in [-0.1, -0.05) is 19.4 Å². The summed E-state index contributed by atoms with van der Waals surface area (Å²) < 4.78 is 0. The second kappa shape index (κ2) is 6.03. The van der Waals surface area contributed by atoms with Crippen molar-refractivity contribution in [3.63, 3.8) is 0 Å². The van der Waals surface area contributed by atoms with Gasteiger partial charge in [0.15, 0.2) is 0 Å². The van der Waals surface area contributed by atoms with E-state index in [2.05, 4.69) is 23.2 Å². The molecule has 0 spiro atoms. The van der Waals surface area contributed by atoms with E-state index in [1.165, 1.54) is 32.4 Å². The number of hydrogen-bond acceptors (Lipinski definition) is 2. The highest BCUT2D eigenvalue weighted by Crippen LogP contribution is 2.20. The van der Waals surface area contributed by atoms with E-state index in [1.54, 1.807) is 0 Å². The second-order valence-corrected chi connectivity index (χ2v) is 3.89. The summed E-state index contributed by atoms with van der Waals surface area (Å²) in [6.07, 6.45) is 8.37. The van der Waals surface area contributed by atoms with E-state index in [9.17, 15) is 0 Å². The van der Waals surface area contributed by atoms with Crippen LogP contribution in [0, 0.1) is 5.92 Å². The third-order valence-electron chi connectivity index (χ3n) is 2.72. The van der Waals surface area contributed by atoms with E-state index in [0.717, 1.165) is 12.5 Å². The van der Waals surface area contributed by atoms with Crippen molar-refractivity contribution < 1.29 is 0 Å². The molecule has 1 heterocycles. The zero-order valence-electron chi connectivity index (χ0n) is 8.92. The lowest BCUT2D eigenvalue weighted by atomic mass is 10.0. The minimum absolute atomic E-state index is 0.966. The molecule has 1 aliphatic rings. The summed E-state index contributed by atoms with van der Waals surface area (Å²) in [5.74, 6) is 0.966. The zero-order valence-corrected chi connectivity index (χ0v) is 8.92. The highest BCUT2D eigenvalue weighted by atomic mass is 15.1. The lowest BCUT2D eigenvalue weighted by Gasteiger charge is -2.12. The molecule has 2 heteroatoms. The monoisotopic (exact) mass is 182 g/mol. The van der Waals surface area contributed by atoms with Crippen LogP contribution < -0.4 is 5.32 Å². The number of rotatable bonds is 5. The van der Waals surface area contributed by atoms with Crippen molar-refractivity contribution in [3.05, 3.63) is 12.3 Å². The standard InChI is InChI=1S/C11H22N2/c1-3-5-11-6-9-13(10-11)8-4-7-12-2/h4,7,11-12H,3,5-6,8-10H2,1-2H3/b7-4+/t11-/m1/s1. The van der Waals surface area contributed by atoms with Gasteiger partial charge in [0.1, 0.15) is 0 Å². The van der Waals surface area contributed by atoms with Crippen molar-refractivity contribution >= 4 is 0 Å². The molecule has 0 bridgehead atoms. The van der Waals surface area contributed by atoms with Crippen LogP contribution in [-0.2, 0) is 0 Å². The Balaban J connectivity index is 2.13. The molecular formula is C11H22N2. The number of hydrogen-bond donors (Lipinski definition) is 1. The molecule has 76 valence electrons. The molecule has 1 atom stereocenters. The molecule has 0 amide bonds. The summed E-state index contributed by atoms with van der Waals surface area (Å²) in [5.41, 5.74) is 0. The van der Waals surface area contributed by atoms with Crippen molar-refractivity contribution in [1.29, 1.82) is 0 Å². The normalized spacial score (nSPS) is 24.3. The maximum Gasteiger partial charge on any atom is 0.0180 e. The fourth-order valence-corrected chi connectivity index (χ4v) is 2.04. The Bertz CT molecular complexity index is 154. The molecule has 0 aromatic rings. The summed E-state index contributed by atoms with van der Waals surface area (Å²) in [7, 11) is 1.94. The lowest BCUT2D eigenvalue weighted by molar-refractivity contribution is 0.353. The largest absolute Gasteiger partial charge is 0.394 e. The Morgan fingerprint density at radius 1 is 1.54 bits per heavy atom. The molecule has 1 N–H and O–H groups in total. The fourth-order valence-electron chi connectivity index (χ4n) is 2.04. The molecule has 1 aliphatic heterocycles. The van der Waals surface area contributed by atoms with Gasteiger partial charge in [-0.3, -0.25) is 4.90 Å². The molecular weight excluding hydrogens is 160 g/mol. The van der Waals surface area contributed by atoms with Crippen molar-refractivity contribution in [1.82, 2.24) is 10.2 Å². The smallest absolute Gasteiger partial charge is 0.0180 e. The summed E-state index contributed by atoms with van der Waals surface area (Å²) >= 11 is 0. The van der Waals surface area contributed by atoms with E-state index in [4.69, 9.17) is 0 Å². The topological polar surface area (TPSA) is 15.3 Å². The summed E-state index contributed by atoms with van der Waals surface area (Å²) in [4.78, 5) is 2.54. The zero-order chi connectivity index (χ0) is 9.52. The van der Waals surface area contributed by atoms with Gasteiger partial charge in [-0.2, -0.15) is 0 Å². The van der Waals surface area contributed by atoms with E-state index in [1.807, 2.05) is 13.2 Å². The van der Waals surface area contributed by atoms with E-state index in [0.29, 0.717) is 0 Å². The molecule has 0 aliphatic carbocycles. The minimum Gasteiger partial charge on any atom is -0.394 e. The van der Waals surface area contributed by atoms with Crippen LogP contribution >= 0.6 is 0 Å². The van der Waals surface area contributed by atoms with Gasteiger partial charge < -0.3 is 5.32 Å². The van der Waals surface area contributed by atoms with Gasteiger partial charge in [0, 0.05) is 20.1 Å². The summed E-state index contributed by atoms with van der Waals surface area (Å²) in [6.45, 7) is 5.99. The van der Waals surface area contributed by atoms with Gasteiger partial charge in [-0.05, 0) is 31.5 Å². The highest BCUT2D eigenvalue weighted by Gasteiger charge is 2.19. The number of likely N-dealkylation sites (tertiary alicyclic amines) is 1. The number of nitrogens with zero attached hydrogens (tertiary/aromatic N) is 1. The molecule has 0 unspecified atom stereocenters. The Morgan fingerprint density at radius 3 is 3.08 bits per heavy atom. The third kappa shape index (κ3) is 3.81. The molecule has 0 aromatic heterocycles. The van der Waals surface area contributed by atoms with Crippen LogP contribution in [0.25, 0.3) is 0 Å². The van der Waals surface area contributed by atoms with Gasteiger partial charge in [-0.15, -0.1) is 0 Å². The van der Waals surface area contributed by atoms with Crippen molar-refractivity contribution in [2.24, 2.45) is 5.92 Å². The first-order chi connectivity index (χ1) is 6.36. The Morgan fingerprint density at radius 2 is 2.38 bits per heavy atom. The average Bonchev–Trinajstić information content (AvgIpc) is 2.54. The first-order valence-electron chi connectivity index (χ1n) is 5.41. The van der Waals surface area contributed by atoms with Gasteiger partial charge in [0.05, 0.1) is 0 Å². The second-order valence-electron chi connectivity index (χ2n) is 3.89. The van der Waals surface area contributed by atoms with E-state index < -0.39 is 0 Å². The van der Waals surface area contributed by atoms with Gasteiger partial charge in [-0.25, -0.2) is 0 Å².